The fourth-order valence-electron chi connectivity index (χ4n) is 3.99. The number of likely N-dealkylation sites (tertiary alicyclic amines) is 1. The predicted molar refractivity (Wildman–Crippen MR) is 115 cm³/mol. The van der Waals surface area contributed by atoms with Gasteiger partial charge in [-0.1, -0.05) is 12.1 Å². The number of aromatic nitrogens is 2. The van der Waals surface area contributed by atoms with Crippen LogP contribution >= 0.6 is 0 Å². The maximum absolute atomic E-state index is 14.1. The van der Waals surface area contributed by atoms with Gasteiger partial charge in [-0.05, 0) is 42.3 Å². The average Bonchev–Trinajstić information content (AvgIpc) is 3.41. The van der Waals surface area contributed by atoms with Gasteiger partial charge in [-0.25, -0.2) is 13.8 Å². The third-order valence-corrected chi connectivity index (χ3v) is 5.50. The number of methoxy groups -OCH3 is 1. The number of ketones is 1. The Morgan fingerprint density at radius 2 is 1.91 bits per heavy atom. The first-order valence-electron chi connectivity index (χ1n) is 10.2. The summed E-state index contributed by atoms with van der Waals surface area (Å²) in [5.41, 5.74) is -0.0128. The standard InChI is InChI=1S/C24H21F2N3O4/c1-33-19-7-6-17(26)13-18(19)22(30)20-21(15-4-2-5-16(25)12-15)29(24(32)23(20)31)10-3-9-28-11-8-27-14-28/h2,4-8,11-14,21,30H,3,9-10H2,1H3/t21-/m1/s1. The van der Waals surface area contributed by atoms with E-state index in [1.54, 1.807) is 24.8 Å². The van der Waals surface area contributed by atoms with E-state index >= 15 is 0 Å². The van der Waals surface area contributed by atoms with Crippen LogP contribution in [0.1, 0.15) is 23.6 Å². The number of amides is 1. The van der Waals surface area contributed by atoms with Crippen LogP contribution < -0.4 is 4.74 Å². The largest absolute Gasteiger partial charge is 0.507 e. The van der Waals surface area contributed by atoms with Crippen molar-refractivity contribution in [2.75, 3.05) is 13.7 Å². The fourth-order valence-corrected chi connectivity index (χ4v) is 3.99. The van der Waals surface area contributed by atoms with Crippen LogP contribution in [0.2, 0.25) is 0 Å². The minimum atomic E-state index is -1.04. The lowest BCUT2D eigenvalue weighted by Crippen LogP contribution is -2.31. The van der Waals surface area contributed by atoms with Gasteiger partial charge in [-0.2, -0.15) is 0 Å². The zero-order valence-electron chi connectivity index (χ0n) is 17.7. The summed E-state index contributed by atoms with van der Waals surface area (Å²) in [7, 11) is 1.34. The molecule has 1 N–H and O–H groups in total. The topological polar surface area (TPSA) is 84.7 Å². The number of aliphatic hydroxyl groups excluding tert-OH is 1. The van der Waals surface area contributed by atoms with Crippen molar-refractivity contribution in [1.29, 1.82) is 0 Å². The molecule has 0 saturated carbocycles. The lowest BCUT2D eigenvalue weighted by atomic mass is 9.95. The lowest BCUT2D eigenvalue weighted by molar-refractivity contribution is -0.139. The molecule has 1 aliphatic heterocycles. The molecule has 0 unspecified atom stereocenters. The van der Waals surface area contributed by atoms with Gasteiger partial charge in [0.05, 0.1) is 30.6 Å². The number of aryl methyl sites for hydroxylation is 1. The molecule has 0 spiro atoms. The zero-order chi connectivity index (χ0) is 23.5. The third kappa shape index (κ3) is 4.34. The molecule has 1 atom stereocenters. The number of aliphatic hydroxyl groups is 1. The first-order valence-corrected chi connectivity index (χ1v) is 10.2. The summed E-state index contributed by atoms with van der Waals surface area (Å²) in [4.78, 5) is 31.2. The Morgan fingerprint density at radius 3 is 2.61 bits per heavy atom. The molecule has 4 rings (SSSR count). The molecular formula is C24H21F2N3O4. The van der Waals surface area contributed by atoms with Crippen LogP contribution in [0.25, 0.3) is 5.76 Å². The van der Waals surface area contributed by atoms with Crippen LogP contribution in [-0.4, -0.2) is 44.9 Å². The summed E-state index contributed by atoms with van der Waals surface area (Å²) in [6.07, 6.45) is 5.52. The highest BCUT2D eigenvalue weighted by atomic mass is 19.1. The molecule has 1 fully saturated rings. The molecule has 2 heterocycles. The molecule has 170 valence electrons. The Morgan fingerprint density at radius 1 is 1.12 bits per heavy atom. The van der Waals surface area contributed by atoms with Crippen molar-refractivity contribution in [3.8, 4) is 5.75 Å². The van der Waals surface area contributed by atoms with Crippen molar-refractivity contribution in [3.63, 3.8) is 0 Å². The minimum absolute atomic E-state index is 0.0738. The molecule has 1 aliphatic rings. The average molecular weight is 453 g/mol. The van der Waals surface area contributed by atoms with Gasteiger partial charge >= 0.3 is 0 Å². The van der Waals surface area contributed by atoms with Gasteiger partial charge in [0.1, 0.15) is 23.1 Å². The van der Waals surface area contributed by atoms with Crippen molar-refractivity contribution in [3.05, 3.63) is 89.5 Å². The molecule has 0 bridgehead atoms. The number of ether oxygens (including phenoxy) is 1. The molecular weight excluding hydrogens is 432 g/mol. The van der Waals surface area contributed by atoms with Gasteiger partial charge in [0.15, 0.2) is 0 Å². The van der Waals surface area contributed by atoms with E-state index < -0.39 is 35.1 Å². The molecule has 0 radical (unpaired) electrons. The van der Waals surface area contributed by atoms with Crippen molar-refractivity contribution in [2.24, 2.45) is 0 Å². The number of carbonyl (C=O) groups is 2. The van der Waals surface area contributed by atoms with E-state index in [0.717, 1.165) is 12.1 Å². The second-order valence-electron chi connectivity index (χ2n) is 7.55. The lowest BCUT2D eigenvalue weighted by Gasteiger charge is -2.25. The second-order valence-corrected chi connectivity index (χ2v) is 7.55. The summed E-state index contributed by atoms with van der Waals surface area (Å²) in [5.74, 6) is -3.44. The van der Waals surface area contributed by atoms with Crippen molar-refractivity contribution in [1.82, 2.24) is 14.5 Å². The van der Waals surface area contributed by atoms with Gasteiger partial charge in [-0.3, -0.25) is 9.59 Å². The molecule has 1 amide bonds. The van der Waals surface area contributed by atoms with Gasteiger partial charge in [0, 0.05) is 25.5 Å². The van der Waals surface area contributed by atoms with Crippen LogP contribution in [0.3, 0.4) is 0 Å². The van der Waals surface area contributed by atoms with Crippen LogP contribution in [-0.2, 0) is 16.1 Å². The van der Waals surface area contributed by atoms with E-state index in [-0.39, 0.29) is 23.4 Å². The van der Waals surface area contributed by atoms with E-state index in [9.17, 15) is 23.5 Å². The maximum atomic E-state index is 14.1. The molecule has 3 aromatic rings. The number of halogens is 2. The third-order valence-electron chi connectivity index (χ3n) is 5.50. The predicted octanol–water partition coefficient (Wildman–Crippen LogP) is 3.68. The summed E-state index contributed by atoms with van der Waals surface area (Å²) >= 11 is 0. The van der Waals surface area contributed by atoms with E-state index in [2.05, 4.69) is 4.98 Å². The molecule has 2 aromatic carbocycles. The number of Topliss-reactive ketones (excluding diaryl/α,β-unsaturated/α-hetero) is 1. The maximum Gasteiger partial charge on any atom is 0.295 e. The van der Waals surface area contributed by atoms with Gasteiger partial charge in [-0.15, -0.1) is 0 Å². The van der Waals surface area contributed by atoms with Crippen molar-refractivity contribution >= 4 is 17.4 Å². The van der Waals surface area contributed by atoms with Gasteiger partial charge < -0.3 is 19.3 Å². The molecule has 9 heteroatoms. The highest BCUT2D eigenvalue weighted by Gasteiger charge is 2.46. The van der Waals surface area contributed by atoms with E-state index in [1.165, 1.54) is 36.3 Å². The van der Waals surface area contributed by atoms with Crippen LogP contribution in [0.4, 0.5) is 8.78 Å². The van der Waals surface area contributed by atoms with E-state index in [1.807, 2.05) is 4.57 Å². The summed E-state index contributed by atoms with van der Waals surface area (Å²) in [6.45, 7) is 0.706. The van der Waals surface area contributed by atoms with Gasteiger partial charge in [0.2, 0.25) is 0 Å². The molecule has 33 heavy (non-hydrogen) atoms. The molecule has 1 aromatic heterocycles. The molecule has 0 aliphatic carbocycles. The Bertz CT molecular complexity index is 1220. The Kier molecular flexibility index (Phi) is 6.21. The van der Waals surface area contributed by atoms with E-state index in [0.29, 0.717) is 18.5 Å². The van der Waals surface area contributed by atoms with Crippen LogP contribution in [0.5, 0.6) is 5.75 Å². The number of imidazole rings is 1. The summed E-state index contributed by atoms with van der Waals surface area (Å²) in [5, 5.41) is 11.1. The number of rotatable bonds is 7. The molecule has 7 nitrogen and oxygen atoms in total. The Hall–Kier alpha value is -4.01. The SMILES string of the molecule is COc1ccc(F)cc1C(O)=C1C(=O)C(=O)N(CCCn2ccnc2)[C@@H]1c1cccc(F)c1. The number of hydrogen-bond acceptors (Lipinski definition) is 5. The van der Waals surface area contributed by atoms with Crippen molar-refractivity contribution in [2.45, 2.75) is 19.0 Å². The van der Waals surface area contributed by atoms with Crippen LogP contribution in [0.15, 0.2) is 66.8 Å². The quantitative estimate of drug-likeness (QED) is 0.335. The van der Waals surface area contributed by atoms with E-state index in [4.69, 9.17) is 4.74 Å². The number of carbonyl (C=O) groups excluding carboxylic acids is 2. The summed E-state index contributed by atoms with van der Waals surface area (Å²) < 4.78 is 35.0. The van der Waals surface area contributed by atoms with Crippen LogP contribution in [0, 0.1) is 11.6 Å². The Labute approximate surface area is 188 Å². The zero-order valence-corrected chi connectivity index (χ0v) is 17.7. The normalized spacial score (nSPS) is 17.5. The summed E-state index contributed by atoms with van der Waals surface area (Å²) in [6, 6.07) is 7.90. The number of nitrogens with zero attached hydrogens (tertiary/aromatic N) is 3. The minimum Gasteiger partial charge on any atom is -0.507 e. The van der Waals surface area contributed by atoms with Gasteiger partial charge in [0.25, 0.3) is 11.7 Å². The smallest absolute Gasteiger partial charge is 0.295 e. The first-order chi connectivity index (χ1) is 15.9. The van der Waals surface area contributed by atoms with Crippen molar-refractivity contribution < 1.29 is 28.2 Å². The highest BCUT2D eigenvalue weighted by molar-refractivity contribution is 6.46. The second kappa shape index (κ2) is 9.23. The molecule has 1 saturated heterocycles. The fraction of sp³-hybridized carbons (Fsp3) is 0.208. The first kappa shape index (κ1) is 22.2. The Balaban J connectivity index is 1.79. The monoisotopic (exact) mass is 453 g/mol. The highest BCUT2D eigenvalue weighted by Crippen LogP contribution is 2.41. The number of benzene rings is 2. The number of hydrogen-bond donors (Lipinski definition) is 1.